The van der Waals surface area contributed by atoms with Crippen LogP contribution in [0, 0.1) is 6.92 Å². The Balaban J connectivity index is 1.47. The number of aryl methyl sites for hydroxylation is 3. The maximum absolute atomic E-state index is 13.8. The van der Waals surface area contributed by atoms with Crippen LogP contribution < -0.4 is 16.6 Å². The van der Waals surface area contributed by atoms with E-state index in [1.54, 1.807) is 40.2 Å². The number of fused-ring (bicyclic) bond motifs is 3. The van der Waals surface area contributed by atoms with Gasteiger partial charge in [0.25, 0.3) is 5.56 Å². The maximum Gasteiger partial charge on any atom is 0.267 e. The highest BCUT2D eigenvalue weighted by Gasteiger charge is 2.23. The molecule has 2 heterocycles. The molecule has 0 bridgehead atoms. The number of thiophene rings is 1. The van der Waals surface area contributed by atoms with Crippen LogP contribution in [0.15, 0.2) is 58.5 Å². The molecular weight excluding hydrogens is 480 g/mol. The molecule has 1 aliphatic carbocycles. The van der Waals surface area contributed by atoms with Crippen LogP contribution in [-0.4, -0.2) is 27.1 Å². The molecule has 178 valence electrons. The summed E-state index contributed by atoms with van der Waals surface area (Å²) in [6.07, 6.45) is 4.11. The third kappa shape index (κ3) is 4.74. The van der Waals surface area contributed by atoms with Gasteiger partial charge in [-0.15, -0.1) is 11.3 Å². The molecule has 5 rings (SSSR count). The van der Waals surface area contributed by atoms with Crippen LogP contribution >= 0.6 is 23.1 Å². The van der Waals surface area contributed by atoms with Crippen LogP contribution in [0.1, 0.15) is 39.2 Å². The SMILES string of the molecule is Cc1ccc(-n2c(SCC(=O)Nc3ccc(C(N)=O)cc3)nc3sc4c(c3c2=O)CCCC4)cc1. The van der Waals surface area contributed by atoms with Gasteiger partial charge in [0, 0.05) is 16.1 Å². The van der Waals surface area contributed by atoms with E-state index in [4.69, 9.17) is 10.7 Å². The smallest absolute Gasteiger partial charge is 0.267 e. The largest absolute Gasteiger partial charge is 0.366 e. The molecule has 0 fully saturated rings. The number of nitrogens with one attached hydrogen (secondary N) is 1. The summed E-state index contributed by atoms with van der Waals surface area (Å²) in [5.41, 5.74) is 9.09. The highest BCUT2D eigenvalue weighted by Crippen LogP contribution is 2.35. The number of rotatable bonds is 6. The summed E-state index contributed by atoms with van der Waals surface area (Å²) >= 11 is 2.83. The van der Waals surface area contributed by atoms with E-state index >= 15 is 0 Å². The highest BCUT2D eigenvalue weighted by atomic mass is 32.2. The fourth-order valence-electron chi connectivity index (χ4n) is 4.25. The van der Waals surface area contributed by atoms with Crippen LogP contribution in [0.3, 0.4) is 0 Å². The molecule has 2 amide bonds. The summed E-state index contributed by atoms with van der Waals surface area (Å²) in [6, 6.07) is 14.1. The fourth-order valence-corrected chi connectivity index (χ4v) is 6.36. The molecule has 7 nitrogen and oxygen atoms in total. The molecule has 0 saturated carbocycles. The Morgan fingerprint density at radius 2 is 1.80 bits per heavy atom. The Labute approximate surface area is 210 Å². The number of hydrogen-bond donors (Lipinski definition) is 2. The lowest BCUT2D eigenvalue weighted by molar-refractivity contribution is -0.113. The van der Waals surface area contributed by atoms with Gasteiger partial charge < -0.3 is 11.1 Å². The van der Waals surface area contributed by atoms with Crippen molar-refractivity contribution in [3.63, 3.8) is 0 Å². The van der Waals surface area contributed by atoms with Gasteiger partial charge in [0.1, 0.15) is 4.83 Å². The lowest BCUT2D eigenvalue weighted by Crippen LogP contribution is -2.23. The summed E-state index contributed by atoms with van der Waals surface area (Å²) in [5, 5.41) is 4.02. The molecule has 0 saturated heterocycles. The standard InChI is InChI=1S/C26H24N4O3S2/c1-15-6-12-18(13-7-15)30-25(33)22-19-4-2-3-5-20(19)35-24(22)29-26(30)34-14-21(31)28-17-10-8-16(9-11-17)23(27)32/h6-13H,2-5,14H2,1H3,(H2,27,32)(H,28,31). The summed E-state index contributed by atoms with van der Waals surface area (Å²) in [4.78, 5) is 44.5. The van der Waals surface area contributed by atoms with Crippen molar-refractivity contribution in [2.75, 3.05) is 11.1 Å². The van der Waals surface area contributed by atoms with Crippen LogP contribution in [-0.2, 0) is 17.6 Å². The molecule has 0 atom stereocenters. The van der Waals surface area contributed by atoms with Gasteiger partial charge in [0.05, 0.1) is 16.8 Å². The van der Waals surface area contributed by atoms with Crippen LogP contribution in [0.25, 0.3) is 15.9 Å². The summed E-state index contributed by atoms with van der Waals surface area (Å²) in [6.45, 7) is 2.00. The second-order valence-electron chi connectivity index (χ2n) is 8.54. The number of nitrogens with two attached hydrogens (primary N) is 1. The van der Waals surface area contributed by atoms with Gasteiger partial charge in [-0.1, -0.05) is 29.5 Å². The predicted octanol–water partition coefficient (Wildman–Crippen LogP) is 4.46. The van der Waals surface area contributed by atoms with E-state index in [9.17, 15) is 14.4 Å². The van der Waals surface area contributed by atoms with E-state index in [-0.39, 0.29) is 17.2 Å². The van der Waals surface area contributed by atoms with Gasteiger partial charge in [-0.05, 0) is 74.6 Å². The molecule has 2 aromatic heterocycles. The number of hydrogen-bond acceptors (Lipinski definition) is 6. The molecule has 0 aliphatic heterocycles. The first-order chi connectivity index (χ1) is 16.9. The number of anilines is 1. The van der Waals surface area contributed by atoms with Crippen molar-refractivity contribution in [3.8, 4) is 5.69 Å². The van der Waals surface area contributed by atoms with E-state index in [1.165, 1.54) is 16.6 Å². The van der Waals surface area contributed by atoms with Crippen molar-refractivity contribution >= 4 is 50.8 Å². The zero-order valence-electron chi connectivity index (χ0n) is 19.2. The molecule has 3 N–H and O–H groups in total. The quantitative estimate of drug-likeness (QED) is 0.298. The number of thioether (sulfide) groups is 1. The van der Waals surface area contributed by atoms with Crippen LogP contribution in [0.2, 0.25) is 0 Å². The lowest BCUT2D eigenvalue weighted by Gasteiger charge is -2.14. The lowest BCUT2D eigenvalue weighted by atomic mass is 9.97. The molecule has 2 aromatic carbocycles. The van der Waals surface area contributed by atoms with Gasteiger partial charge in [0.2, 0.25) is 11.8 Å². The van der Waals surface area contributed by atoms with E-state index in [2.05, 4.69) is 5.32 Å². The number of primary amides is 1. The number of aromatic nitrogens is 2. The average molecular weight is 505 g/mol. The summed E-state index contributed by atoms with van der Waals surface area (Å²) in [5.74, 6) is -0.687. The zero-order chi connectivity index (χ0) is 24.5. The van der Waals surface area contributed by atoms with E-state index < -0.39 is 5.91 Å². The normalized spacial score (nSPS) is 12.9. The van der Waals surface area contributed by atoms with Crippen molar-refractivity contribution < 1.29 is 9.59 Å². The number of carbonyl (C=O) groups excluding carboxylic acids is 2. The van der Waals surface area contributed by atoms with Crippen molar-refractivity contribution in [2.45, 2.75) is 37.8 Å². The van der Waals surface area contributed by atoms with E-state index in [0.29, 0.717) is 21.8 Å². The van der Waals surface area contributed by atoms with Gasteiger partial charge in [0.15, 0.2) is 5.16 Å². The highest BCUT2D eigenvalue weighted by molar-refractivity contribution is 7.99. The number of amides is 2. The Morgan fingerprint density at radius 3 is 2.51 bits per heavy atom. The Morgan fingerprint density at radius 1 is 1.09 bits per heavy atom. The van der Waals surface area contributed by atoms with Gasteiger partial charge in [-0.2, -0.15) is 0 Å². The Kier molecular flexibility index (Phi) is 6.44. The topological polar surface area (TPSA) is 107 Å². The van der Waals surface area contributed by atoms with Crippen molar-refractivity contribution in [1.82, 2.24) is 9.55 Å². The molecule has 0 unspecified atom stereocenters. The Hall–Kier alpha value is -3.43. The van der Waals surface area contributed by atoms with Crippen LogP contribution in [0.4, 0.5) is 5.69 Å². The maximum atomic E-state index is 13.8. The monoisotopic (exact) mass is 504 g/mol. The molecular formula is C26H24N4O3S2. The van der Waals surface area contributed by atoms with Gasteiger partial charge in [-0.3, -0.25) is 19.0 Å². The summed E-state index contributed by atoms with van der Waals surface area (Å²) in [7, 11) is 0. The van der Waals surface area contributed by atoms with Crippen molar-refractivity contribution in [3.05, 3.63) is 80.5 Å². The zero-order valence-corrected chi connectivity index (χ0v) is 20.8. The first-order valence-electron chi connectivity index (χ1n) is 11.4. The predicted molar refractivity (Wildman–Crippen MR) is 141 cm³/mol. The van der Waals surface area contributed by atoms with Crippen molar-refractivity contribution in [2.24, 2.45) is 5.73 Å². The molecule has 0 radical (unpaired) electrons. The van der Waals surface area contributed by atoms with Crippen molar-refractivity contribution in [1.29, 1.82) is 0 Å². The molecule has 0 spiro atoms. The number of carbonyl (C=O) groups is 2. The minimum absolute atomic E-state index is 0.0759. The van der Waals surface area contributed by atoms with Gasteiger partial charge in [-0.25, -0.2) is 4.98 Å². The average Bonchev–Trinajstić information content (AvgIpc) is 3.22. The minimum atomic E-state index is -0.524. The first-order valence-corrected chi connectivity index (χ1v) is 13.2. The van der Waals surface area contributed by atoms with Crippen LogP contribution in [0.5, 0.6) is 0 Å². The van der Waals surface area contributed by atoms with Gasteiger partial charge >= 0.3 is 0 Å². The van der Waals surface area contributed by atoms with E-state index in [1.807, 2.05) is 31.2 Å². The second-order valence-corrected chi connectivity index (χ2v) is 10.6. The van der Waals surface area contributed by atoms with E-state index in [0.717, 1.165) is 47.3 Å². The molecule has 35 heavy (non-hydrogen) atoms. The molecule has 4 aromatic rings. The molecule has 9 heteroatoms. The third-order valence-corrected chi connectivity index (χ3v) is 8.16. The second kappa shape index (κ2) is 9.67. The fraction of sp³-hybridized carbons (Fsp3) is 0.231. The third-order valence-electron chi connectivity index (χ3n) is 6.04. The first kappa shape index (κ1) is 23.3. The Bertz CT molecular complexity index is 1490. The minimum Gasteiger partial charge on any atom is -0.366 e. The molecule has 1 aliphatic rings. The summed E-state index contributed by atoms with van der Waals surface area (Å²) < 4.78 is 1.63. The number of nitrogens with zero attached hydrogens (tertiary/aromatic N) is 2. The number of benzene rings is 2.